The Hall–Kier alpha value is -1.48. The highest BCUT2D eigenvalue weighted by Crippen LogP contribution is 2.11. The Bertz CT molecular complexity index is 554. The van der Waals surface area contributed by atoms with Gasteiger partial charge in [-0.05, 0) is 13.3 Å². The number of carbonyl (C=O) groups is 1. The normalized spacial score (nSPS) is 21.4. The molecule has 0 spiro atoms. The van der Waals surface area contributed by atoms with Crippen LogP contribution in [0.1, 0.15) is 29.9 Å². The Morgan fingerprint density at radius 1 is 1.53 bits per heavy atom. The molecular weight excluding hydrogens is 272 g/mol. The molecule has 9 heteroatoms. The number of hydrogen-bond acceptors (Lipinski definition) is 7. The number of aromatic nitrogens is 2. The molecule has 1 amide bonds. The summed E-state index contributed by atoms with van der Waals surface area (Å²) < 4.78 is 27.5. The van der Waals surface area contributed by atoms with Gasteiger partial charge in [-0.3, -0.25) is 4.79 Å². The summed E-state index contributed by atoms with van der Waals surface area (Å²) in [7, 11) is -2.91. The molecule has 2 heterocycles. The van der Waals surface area contributed by atoms with Gasteiger partial charge in [-0.15, -0.1) is 0 Å². The predicted octanol–water partition coefficient (Wildman–Crippen LogP) is -0.904. The topological polar surface area (TPSA) is 114 Å². The zero-order valence-corrected chi connectivity index (χ0v) is 11.4. The van der Waals surface area contributed by atoms with Crippen LogP contribution in [0.2, 0.25) is 0 Å². The van der Waals surface area contributed by atoms with Gasteiger partial charge in [-0.25, -0.2) is 8.42 Å². The fourth-order valence-electron chi connectivity index (χ4n) is 1.85. The summed E-state index contributed by atoms with van der Waals surface area (Å²) in [6.07, 6.45) is 0.583. The maximum atomic E-state index is 11.4. The quantitative estimate of drug-likeness (QED) is 0.721. The van der Waals surface area contributed by atoms with Gasteiger partial charge in [0.25, 0.3) is 11.7 Å². The van der Waals surface area contributed by atoms with Crippen LogP contribution < -0.4 is 10.6 Å². The van der Waals surface area contributed by atoms with E-state index in [0.29, 0.717) is 13.0 Å². The zero-order chi connectivity index (χ0) is 13.9. The van der Waals surface area contributed by atoms with Gasteiger partial charge < -0.3 is 15.2 Å². The van der Waals surface area contributed by atoms with Crippen molar-refractivity contribution in [2.75, 3.05) is 18.1 Å². The van der Waals surface area contributed by atoms with Crippen molar-refractivity contribution in [3.63, 3.8) is 0 Å². The second-order valence-electron chi connectivity index (χ2n) is 4.35. The first-order valence-corrected chi connectivity index (χ1v) is 7.87. The Morgan fingerprint density at radius 3 is 2.95 bits per heavy atom. The van der Waals surface area contributed by atoms with Crippen molar-refractivity contribution in [2.45, 2.75) is 25.9 Å². The third-order valence-electron chi connectivity index (χ3n) is 2.78. The SMILES string of the molecule is CCNC(=O)c1noc(CNC2CCS(=O)(=O)C2)n1. The minimum atomic E-state index is -2.91. The van der Waals surface area contributed by atoms with Crippen molar-refractivity contribution in [1.29, 1.82) is 0 Å². The van der Waals surface area contributed by atoms with Crippen LogP contribution in [-0.2, 0) is 16.4 Å². The molecule has 8 nitrogen and oxygen atoms in total. The fraction of sp³-hybridized carbons (Fsp3) is 0.700. The number of hydrogen-bond donors (Lipinski definition) is 2. The third kappa shape index (κ3) is 3.74. The number of nitrogens with one attached hydrogen (secondary N) is 2. The summed E-state index contributed by atoms with van der Waals surface area (Å²) in [5, 5.41) is 9.14. The Kier molecular flexibility index (Phi) is 4.15. The van der Waals surface area contributed by atoms with Crippen LogP contribution in [0.4, 0.5) is 0 Å². The lowest BCUT2D eigenvalue weighted by atomic mass is 10.3. The first kappa shape index (κ1) is 13.9. The largest absolute Gasteiger partial charge is 0.349 e. The molecule has 0 aromatic carbocycles. The van der Waals surface area contributed by atoms with Gasteiger partial charge in [0.15, 0.2) is 9.84 Å². The molecule has 2 N–H and O–H groups in total. The number of carbonyl (C=O) groups excluding carboxylic acids is 1. The highest BCUT2D eigenvalue weighted by Gasteiger charge is 2.27. The van der Waals surface area contributed by atoms with E-state index in [0.717, 1.165) is 0 Å². The zero-order valence-electron chi connectivity index (χ0n) is 10.5. The monoisotopic (exact) mass is 288 g/mol. The van der Waals surface area contributed by atoms with Crippen LogP contribution >= 0.6 is 0 Å². The molecule has 1 aromatic heterocycles. The number of nitrogens with zero attached hydrogens (tertiary/aromatic N) is 2. The Labute approximate surface area is 110 Å². The van der Waals surface area contributed by atoms with Crippen molar-refractivity contribution < 1.29 is 17.7 Å². The second-order valence-corrected chi connectivity index (χ2v) is 6.58. The molecule has 1 aliphatic heterocycles. The van der Waals surface area contributed by atoms with Gasteiger partial charge in [0.1, 0.15) is 0 Å². The second kappa shape index (κ2) is 5.66. The molecule has 1 atom stereocenters. The maximum absolute atomic E-state index is 11.4. The number of sulfone groups is 1. The van der Waals surface area contributed by atoms with E-state index < -0.39 is 9.84 Å². The van der Waals surface area contributed by atoms with Crippen molar-refractivity contribution in [3.05, 3.63) is 11.7 Å². The van der Waals surface area contributed by atoms with Crippen molar-refractivity contribution >= 4 is 15.7 Å². The average Bonchev–Trinajstić information content (AvgIpc) is 2.93. The molecule has 0 bridgehead atoms. The van der Waals surface area contributed by atoms with Crippen LogP contribution in [0, 0.1) is 0 Å². The molecule has 19 heavy (non-hydrogen) atoms. The lowest BCUT2D eigenvalue weighted by Gasteiger charge is -2.06. The smallest absolute Gasteiger partial charge is 0.292 e. The molecule has 1 aromatic rings. The summed E-state index contributed by atoms with van der Waals surface area (Å²) in [6, 6.07) is -0.0928. The minimum absolute atomic E-state index is 0.0160. The van der Waals surface area contributed by atoms with Gasteiger partial charge in [0, 0.05) is 12.6 Å². The Balaban J connectivity index is 1.86. The van der Waals surface area contributed by atoms with Gasteiger partial charge >= 0.3 is 0 Å². The van der Waals surface area contributed by atoms with E-state index >= 15 is 0 Å². The van der Waals surface area contributed by atoms with Gasteiger partial charge in [0.05, 0.1) is 18.1 Å². The first-order chi connectivity index (χ1) is 9.00. The van der Waals surface area contributed by atoms with Crippen LogP contribution in [-0.4, -0.2) is 48.6 Å². The van der Waals surface area contributed by atoms with Crippen LogP contribution in [0.5, 0.6) is 0 Å². The van der Waals surface area contributed by atoms with Crippen molar-refractivity contribution in [3.8, 4) is 0 Å². The van der Waals surface area contributed by atoms with E-state index in [1.807, 2.05) is 0 Å². The number of amides is 1. The summed E-state index contributed by atoms with van der Waals surface area (Å²) in [5.41, 5.74) is 0. The van der Waals surface area contributed by atoms with E-state index in [2.05, 4.69) is 20.8 Å². The summed E-state index contributed by atoms with van der Waals surface area (Å²) >= 11 is 0. The van der Waals surface area contributed by atoms with Crippen molar-refractivity contribution in [1.82, 2.24) is 20.8 Å². The van der Waals surface area contributed by atoms with Gasteiger partial charge in [-0.2, -0.15) is 4.98 Å². The lowest BCUT2D eigenvalue weighted by molar-refractivity contribution is 0.0942. The van der Waals surface area contributed by atoms with E-state index in [9.17, 15) is 13.2 Å². The number of rotatable bonds is 5. The maximum Gasteiger partial charge on any atom is 0.292 e. The first-order valence-electron chi connectivity index (χ1n) is 6.05. The average molecular weight is 288 g/mol. The molecule has 1 fully saturated rings. The molecule has 0 saturated carbocycles. The highest BCUT2D eigenvalue weighted by molar-refractivity contribution is 7.91. The predicted molar refractivity (Wildman–Crippen MR) is 66.2 cm³/mol. The Morgan fingerprint density at radius 2 is 2.32 bits per heavy atom. The van der Waals surface area contributed by atoms with E-state index in [4.69, 9.17) is 4.52 Å². The van der Waals surface area contributed by atoms with E-state index in [-0.39, 0.29) is 41.7 Å². The highest BCUT2D eigenvalue weighted by atomic mass is 32.2. The lowest BCUT2D eigenvalue weighted by Crippen LogP contribution is -2.29. The molecule has 1 saturated heterocycles. The van der Waals surface area contributed by atoms with Gasteiger partial charge in [-0.1, -0.05) is 5.16 Å². The molecule has 0 radical (unpaired) electrons. The molecule has 0 aliphatic carbocycles. The van der Waals surface area contributed by atoms with Crippen molar-refractivity contribution in [2.24, 2.45) is 0 Å². The molecule has 1 unspecified atom stereocenters. The standard InChI is InChI=1S/C10H16N4O4S/c1-2-11-10(15)9-13-8(18-14-9)5-12-7-3-4-19(16,17)6-7/h7,12H,2-6H2,1H3,(H,11,15). The summed E-state index contributed by atoms with van der Waals surface area (Å²) in [5.74, 6) is 0.201. The minimum Gasteiger partial charge on any atom is -0.349 e. The van der Waals surface area contributed by atoms with Crippen LogP contribution in [0.3, 0.4) is 0 Å². The van der Waals surface area contributed by atoms with Crippen LogP contribution in [0.25, 0.3) is 0 Å². The molecular formula is C10H16N4O4S. The molecule has 1 aliphatic rings. The summed E-state index contributed by atoms with van der Waals surface area (Å²) in [6.45, 7) is 2.54. The van der Waals surface area contributed by atoms with E-state index in [1.165, 1.54) is 0 Å². The molecule has 2 rings (SSSR count). The van der Waals surface area contributed by atoms with E-state index in [1.54, 1.807) is 6.92 Å². The summed E-state index contributed by atoms with van der Waals surface area (Å²) in [4.78, 5) is 15.3. The van der Waals surface area contributed by atoms with Gasteiger partial charge in [0.2, 0.25) is 5.89 Å². The molecule has 106 valence electrons. The fourth-order valence-corrected chi connectivity index (χ4v) is 3.55. The third-order valence-corrected chi connectivity index (χ3v) is 4.55. The van der Waals surface area contributed by atoms with Crippen LogP contribution in [0.15, 0.2) is 4.52 Å².